The molecule has 0 amide bonds. The lowest BCUT2D eigenvalue weighted by Crippen LogP contribution is -2.78. The molecule has 0 fully saturated rings. The molecule has 5 aliphatic rings. The van der Waals surface area contributed by atoms with Gasteiger partial charge in [-0.2, -0.15) is 0 Å². The highest BCUT2D eigenvalue weighted by atomic mass is 14.2. The maximum atomic E-state index is 2.32. The van der Waals surface area contributed by atoms with Crippen molar-refractivity contribution in [1.29, 1.82) is 0 Å². The third-order valence-corrected chi connectivity index (χ3v) is 6.35. The zero-order valence-electron chi connectivity index (χ0n) is 13.1. The monoisotopic (exact) mass is 298 g/mol. The number of hydrogen-bond acceptors (Lipinski definition) is 0. The number of benzene rings is 2. The van der Waals surface area contributed by atoms with Gasteiger partial charge in [0.05, 0.1) is 0 Å². The second-order valence-electron chi connectivity index (χ2n) is 7.34. The van der Waals surface area contributed by atoms with E-state index < -0.39 is 0 Å². The summed E-state index contributed by atoms with van der Waals surface area (Å²) in [7, 11) is 0. The fourth-order valence-corrected chi connectivity index (χ4v) is 5.41. The van der Waals surface area contributed by atoms with Gasteiger partial charge in [0.15, 0.2) is 0 Å². The Morgan fingerprint density at radius 3 is 1.46 bits per heavy atom. The standard InChI is InChI=1S/C22H12B2/c1-2-14-6-10-18-12-8-16-4-3-15-7-11-17-9-5-13(1)19-20(14)24(18)22(16)21(15)23(17)19/h1-12H. The van der Waals surface area contributed by atoms with Gasteiger partial charge in [0, 0.05) is 0 Å². The van der Waals surface area contributed by atoms with Crippen LogP contribution in [0.3, 0.4) is 0 Å². The maximum Gasteiger partial charge on any atom is 0.241 e. The summed E-state index contributed by atoms with van der Waals surface area (Å²) in [4.78, 5) is 0. The normalized spacial score (nSPS) is 18.7. The molecule has 2 aromatic carbocycles. The maximum absolute atomic E-state index is 2.32. The smallest absolute Gasteiger partial charge is 0.0686 e. The molecule has 0 bridgehead atoms. The van der Waals surface area contributed by atoms with E-state index in [2.05, 4.69) is 72.9 Å². The molecule has 0 aliphatic carbocycles. The van der Waals surface area contributed by atoms with Crippen molar-refractivity contribution in [2.75, 3.05) is 0 Å². The predicted molar refractivity (Wildman–Crippen MR) is 105 cm³/mol. The van der Waals surface area contributed by atoms with Gasteiger partial charge in [-0.15, -0.1) is 0 Å². The molecule has 2 aromatic rings. The van der Waals surface area contributed by atoms with Crippen LogP contribution >= 0.6 is 0 Å². The third-order valence-electron chi connectivity index (χ3n) is 6.35. The molecule has 0 saturated carbocycles. The Hall–Kier alpha value is -2.73. The van der Waals surface area contributed by atoms with Crippen LogP contribution in [0.2, 0.25) is 0 Å². The van der Waals surface area contributed by atoms with Crippen molar-refractivity contribution in [3.63, 3.8) is 0 Å². The van der Waals surface area contributed by atoms with Crippen LogP contribution in [0.15, 0.2) is 59.5 Å². The minimum Gasteiger partial charge on any atom is -0.0686 e. The lowest BCUT2D eigenvalue weighted by atomic mass is 9.17. The van der Waals surface area contributed by atoms with E-state index in [0.717, 1.165) is 0 Å². The van der Waals surface area contributed by atoms with E-state index in [1.807, 2.05) is 0 Å². The summed E-state index contributed by atoms with van der Waals surface area (Å²) in [6, 6.07) is 9.23. The van der Waals surface area contributed by atoms with Crippen LogP contribution in [-0.2, 0) is 0 Å². The zero-order chi connectivity index (χ0) is 15.4. The highest BCUT2D eigenvalue weighted by molar-refractivity contribution is 7.09. The van der Waals surface area contributed by atoms with Crippen molar-refractivity contribution in [2.24, 2.45) is 0 Å². The summed E-state index contributed by atoms with van der Waals surface area (Å²) < 4.78 is 0. The average molecular weight is 298 g/mol. The summed E-state index contributed by atoms with van der Waals surface area (Å²) in [5, 5.41) is 2.81. The van der Waals surface area contributed by atoms with Crippen molar-refractivity contribution in [3.8, 4) is 0 Å². The number of hydrogen-bond donors (Lipinski definition) is 0. The Morgan fingerprint density at radius 1 is 0.458 bits per heavy atom. The van der Waals surface area contributed by atoms with Crippen molar-refractivity contribution < 1.29 is 0 Å². The van der Waals surface area contributed by atoms with Crippen LogP contribution in [-0.4, -0.2) is 13.4 Å². The summed E-state index contributed by atoms with van der Waals surface area (Å²) >= 11 is 0. The molecular weight excluding hydrogens is 286 g/mol. The van der Waals surface area contributed by atoms with E-state index in [9.17, 15) is 0 Å². The lowest BCUT2D eigenvalue weighted by Gasteiger charge is -2.40. The first-order valence-corrected chi connectivity index (χ1v) is 8.70. The van der Waals surface area contributed by atoms with Crippen LogP contribution in [0, 0.1) is 0 Å². The minimum absolute atomic E-state index is 0.422. The van der Waals surface area contributed by atoms with E-state index in [4.69, 9.17) is 0 Å². The van der Waals surface area contributed by atoms with Crippen LogP contribution in [0.4, 0.5) is 0 Å². The predicted octanol–water partition coefficient (Wildman–Crippen LogP) is -0.209. The first-order chi connectivity index (χ1) is 11.9. The molecule has 0 N–H and O–H groups in total. The van der Waals surface area contributed by atoms with Gasteiger partial charge in [0.25, 0.3) is 0 Å². The van der Waals surface area contributed by atoms with E-state index in [1.165, 1.54) is 32.5 Å². The van der Waals surface area contributed by atoms with Crippen LogP contribution in [0.5, 0.6) is 0 Å². The fourth-order valence-electron chi connectivity index (χ4n) is 5.41. The topological polar surface area (TPSA) is 0 Å². The molecule has 5 heterocycles. The Kier molecular flexibility index (Phi) is 1.80. The van der Waals surface area contributed by atoms with Crippen molar-refractivity contribution in [3.05, 3.63) is 81.1 Å². The largest absolute Gasteiger partial charge is 0.241 e. The molecule has 2 heteroatoms. The quantitative estimate of drug-likeness (QED) is 0.591. The highest BCUT2D eigenvalue weighted by Crippen LogP contribution is 2.24. The molecule has 0 spiro atoms. The van der Waals surface area contributed by atoms with Gasteiger partial charge in [-0.3, -0.25) is 0 Å². The lowest BCUT2D eigenvalue weighted by molar-refractivity contribution is 1.55. The van der Waals surface area contributed by atoms with Gasteiger partial charge in [0.1, 0.15) is 0 Å². The second kappa shape index (κ2) is 3.67. The Labute approximate surface area is 141 Å². The SMILES string of the molecule is C1=Cc2ccc3c4c2B2C1=CC=c1ccc5c(c12)B4C(=CC=5)C=C3. The second-order valence-corrected chi connectivity index (χ2v) is 7.34. The fraction of sp³-hybridized carbons (Fsp3) is 0. The van der Waals surface area contributed by atoms with E-state index >= 15 is 0 Å². The van der Waals surface area contributed by atoms with Crippen LogP contribution in [0.1, 0.15) is 11.1 Å². The molecule has 7 rings (SSSR count). The molecule has 0 atom stereocenters. The van der Waals surface area contributed by atoms with E-state index in [-0.39, 0.29) is 0 Å². The van der Waals surface area contributed by atoms with Gasteiger partial charge >= 0.3 is 0 Å². The molecular formula is C22H12B2. The van der Waals surface area contributed by atoms with Gasteiger partial charge < -0.3 is 0 Å². The highest BCUT2D eigenvalue weighted by Gasteiger charge is 2.45. The first-order valence-electron chi connectivity index (χ1n) is 8.70. The summed E-state index contributed by atoms with van der Waals surface area (Å²) in [5.74, 6) is 0. The van der Waals surface area contributed by atoms with Crippen molar-refractivity contribution in [2.45, 2.75) is 0 Å². The van der Waals surface area contributed by atoms with E-state index in [0.29, 0.717) is 13.4 Å². The van der Waals surface area contributed by atoms with E-state index in [1.54, 1.807) is 21.9 Å². The Balaban J connectivity index is 1.81. The summed E-state index contributed by atoms with van der Waals surface area (Å²) in [5.41, 5.74) is 11.9. The molecule has 0 aromatic heterocycles. The van der Waals surface area contributed by atoms with Gasteiger partial charge in [0.2, 0.25) is 13.4 Å². The number of rotatable bonds is 0. The van der Waals surface area contributed by atoms with Crippen LogP contribution in [0.25, 0.3) is 24.3 Å². The Morgan fingerprint density at radius 2 is 0.958 bits per heavy atom. The van der Waals surface area contributed by atoms with Gasteiger partial charge in [-0.25, -0.2) is 0 Å². The van der Waals surface area contributed by atoms with Gasteiger partial charge in [-0.1, -0.05) is 106 Å². The molecule has 24 heavy (non-hydrogen) atoms. The number of allylic oxidation sites excluding steroid dienone is 6. The zero-order valence-corrected chi connectivity index (χ0v) is 13.1. The molecule has 0 nitrogen and oxygen atoms in total. The van der Waals surface area contributed by atoms with Crippen molar-refractivity contribution in [1.82, 2.24) is 0 Å². The van der Waals surface area contributed by atoms with Crippen molar-refractivity contribution >= 4 is 59.6 Å². The Bertz CT molecular complexity index is 1150. The summed E-state index contributed by atoms with van der Waals surface area (Å²) in [6.07, 6.45) is 18.5. The molecule has 5 aliphatic heterocycles. The molecule has 0 saturated heterocycles. The summed E-state index contributed by atoms with van der Waals surface area (Å²) in [6.45, 7) is 0.843. The average Bonchev–Trinajstić information content (AvgIpc) is 2.65. The van der Waals surface area contributed by atoms with Crippen LogP contribution < -0.4 is 32.3 Å². The molecule has 0 unspecified atom stereocenters. The first kappa shape index (κ1) is 11.8. The minimum atomic E-state index is 0.422. The molecule has 106 valence electrons. The third kappa shape index (κ3) is 1.14. The molecule has 0 radical (unpaired) electrons. The van der Waals surface area contributed by atoms with Gasteiger partial charge in [-0.05, 0) is 21.6 Å².